The van der Waals surface area contributed by atoms with Gasteiger partial charge in [0.25, 0.3) is 0 Å². The third-order valence-electron chi connectivity index (χ3n) is 4.34. The minimum Gasteiger partial charge on any atom is -0.487 e. The molecule has 2 aromatic carbocycles. The highest BCUT2D eigenvalue weighted by atomic mass is 35.5. The summed E-state index contributed by atoms with van der Waals surface area (Å²) in [6, 6.07) is 12.2. The van der Waals surface area contributed by atoms with Crippen LogP contribution in [0.4, 0.5) is 5.69 Å². The van der Waals surface area contributed by atoms with E-state index in [2.05, 4.69) is 10.6 Å². The molecule has 3 rings (SSSR count). The van der Waals surface area contributed by atoms with Crippen molar-refractivity contribution in [2.75, 3.05) is 51.8 Å². The monoisotopic (exact) mass is 433 g/mol. The second kappa shape index (κ2) is 10.8. The van der Waals surface area contributed by atoms with Crippen molar-refractivity contribution in [1.82, 2.24) is 10.2 Å². The van der Waals surface area contributed by atoms with Crippen LogP contribution in [0.3, 0.4) is 0 Å². The summed E-state index contributed by atoms with van der Waals surface area (Å²) in [6.45, 7) is 1.55. The van der Waals surface area contributed by atoms with Gasteiger partial charge in [-0.3, -0.25) is 14.5 Å². The van der Waals surface area contributed by atoms with E-state index in [-0.39, 0.29) is 24.9 Å². The Kier molecular flexibility index (Phi) is 7.89. The minimum absolute atomic E-state index is 0.00974. The summed E-state index contributed by atoms with van der Waals surface area (Å²) in [5.41, 5.74) is 0.424. The molecule has 2 amide bonds. The molecule has 0 saturated heterocycles. The first-order valence-corrected chi connectivity index (χ1v) is 9.92. The molecule has 2 N–H and O–H groups in total. The first-order valence-electron chi connectivity index (χ1n) is 9.55. The molecule has 0 unspecified atom stereocenters. The van der Waals surface area contributed by atoms with Gasteiger partial charge in [0.1, 0.15) is 6.61 Å². The number of hydrogen-bond acceptors (Lipinski definition) is 6. The third kappa shape index (κ3) is 6.35. The average molecular weight is 434 g/mol. The predicted molar refractivity (Wildman–Crippen MR) is 113 cm³/mol. The number of halogens is 1. The van der Waals surface area contributed by atoms with E-state index in [1.54, 1.807) is 42.3 Å². The quantitative estimate of drug-likeness (QED) is 0.756. The molecule has 2 aromatic rings. The van der Waals surface area contributed by atoms with Gasteiger partial charge < -0.3 is 24.8 Å². The van der Waals surface area contributed by atoms with Crippen molar-refractivity contribution in [2.24, 2.45) is 0 Å². The molecule has 8 nitrogen and oxygen atoms in total. The van der Waals surface area contributed by atoms with Gasteiger partial charge in [-0.15, -0.1) is 0 Å². The van der Waals surface area contributed by atoms with Crippen LogP contribution in [-0.4, -0.2) is 63.2 Å². The number of nitrogens with zero attached hydrogens (tertiary/aromatic N) is 1. The molecule has 0 saturated carbocycles. The summed E-state index contributed by atoms with van der Waals surface area (Å²) in [7, 11) is 1.55. The molecular formula is C21H24ClN3O5. The summed E-state index contributed by atoms with van der Waals surface area (Å²) >= 11 is 6.12. The van der Waals surface area contributed by atoms with Gasteiger partial charge in [-0.2, -0.15) is 0 Å². The minimum atomic E-state index is -0.301. The van der Waals surface area contributed by atoms with Crippen LogP contribution in [0.25, 0.3) is 0 Å². The lowest BCUT2D eigenvalue weighted by atomic mass is 10.2. The summed E-state index contributed by atoms with van der Waals surface area (Å²) in [5, 5.41) is 5.84. The number of amides is 2. The number of hydrogen-bond donors (Lipinski definition) is 2. The molecule has 160 valence electrons. The highest BCUT2D eigenvalue weighted by Crippen LogP contribution is 2.36. The van der Waals surface area contributed by atoms with E-state index < -0.39 is 0 Å². The van der Waals surface area contributed by atoms with E-state index >= 15 is 0 Å². The summed E-state index contributed by atoms with van der Waals surface area (Å²) < 4.78 is 17.4. The average Bonchev–Trinajstić information content (AvgIpc) is 2.73. The van der Waals surface area contributed by atoms with Gasteiger partial charge in [-0.05, 0) is 30.3 Å². The number of fused-ring (bicyclic) bond motifs is 2. The highest BCUT2D eigenvalue weighted by Gasteiger charge is 2.17. The third-order valence-corrected chi connectivity index (χ3v) is 4.57. The molecule has 0 aliphatic carbocycles. The molecule has 0 bridgehead atoms. The van der Waals surface area contributed by atoms with Crippen LogP contribution in [0.15, 0.2) is 42.5 Å². The number of carbonyl (C=O) groups excluding carboxylic acids is 2. The molecule has 0 radical (unpaired) electrons. The van der Waals surface area contributed by atoms with Crippen LogP contribution in [0.5, 0.6) is 17.2 Å². The van der Waals surface area contributed by atoms with Crippen molar-refractivity contribution >= 4 is 29.1 Å². The zero-order valence-electron chi connectivity index (χ0n) is 16.7. The molecule has 30 heavy (non-hydrogen) atoms. The first-order chi connectivity index (χ1) is 14.5. The lowest BCUT2D eigenvalue weighted by Gasteiger charge is -2.21. The van der Waals surface area contributed by atoms with E-state index in [9.17, 15) is 9.59 Å². The molecule has 9 heteroatoms. The summed E-state index contributed by atoms with van der Waals surface area (Å²) in [6.07, 6.45) is 0. The lowest BCUT2D eigenvalue weighted by Crippen LogP contribution is -2.41. The second-order valence-electron chi connectivity index (χ2n) is 6.58. The number of ether oxygens (including phenoxy) is 3. The van der Waals surface area contributed by atoms with Gasteiger partial charge in [0.2, 0.25) is 11.8 Å². The van der Waals surface area contributed by atoms with Crippen LogP contribution in [0, 0.1) is 0 Å². The Hall–Kier alpha value is -2.81. The normalized spacial score (nSPS) is 15.9. The van der Waals surface area contributed by atoms with Gasteiger partial charge >= 0.3 is 0 Å². The van der Waals surface area contributed by atoms with E-state index in [0.29, 0.717) is 54.3 Å². The number of benzene rings is 2. The van der Waals surface area contributed by atoms with Crippen LogP contribution < -0.4 is 20.1 Å². The summed E-state index contributed by atoms with van der Waals surface area (Å²) in [4.78, 5) is 26.2. The maximum Gasteiger partial charge on any atom is 0.238 e. The van der Waals surface area contributed by atoms with E-state index in [4.69, 9.17) is 25.8 Å². The number of carbonyl (C=O) groups is 2. The maximum atomic E-state index is 12.7. The SMILES string of the molecule is CNC(=O)CN1CCOCCOc2ccccc2Oc2ccc(Cl)cc2NC(=O)C1. The molecule has 0 spiro atoms. The molecule has 1 heterocycles. The smallest absolute Gasteiger partial charge is 0.238 e. The van der Waals surface area contributed by atoms with Crippen molar-refractivity contribution in [3.8, 4) is 17.2 Å². The molecular weight excluding hydrogens is 410 g/mol. The van der Waals surface area contributed by atoms with Crippen LogP contribution in [0.1, 0.15) is 0 Å². The van der Waals surface area contributed by atoms with E-state index in [0.717, 1.165) is 0 Å². The fourth-order valence-electron chi connectivity index (χ4n) is 2.86. The molecule has 1 aliphatic rings. The van der Waals surface area contributed by atoms with E-state index in [1.165, 1.54) is 0 Å². The number of nitrogens with one attached hydrogen (secondary N) is 2. The van der Waals surface area contributed by atoms with Gasteiger partial charge in [0.15, 0.2) is 17.2 Å². The van der Waals surface area contributed by atoms with E-state index in [1.807, 2.05) is 12.1 Å². The van der Waals surface area contributed by atoms with Gasteiger partial charge in [-0.1, -0.05) is 23.7 Å². The van der Waals surface area contributed by atoms with Gasteiger partial charge in [0, 0.05) is 18.6 Å². The Labute approximate surface area is 180 Å². The zero-order valence-corrected chi connectivity index (χ0v) is 17.4. The number of para-hydroxylation sites is 2. The van der Waals surface area contributed by atoms with Crippen molar-refractivity contribution in [1.29, 1.82) is 0 Å². The van der Waals surface area contributed by atoms with Crippen LogP contribution in [-0.2, 0) is 14.3 Å². The van der Waals surface area contributed by atoms with Crippen molar-refractivity contribution in [3.63, 3.8) is 0 Å². The van der Waals surface area contributed by atoms with Crippen molar-refractivity contribution in [2.45, 2.75) is 0 Å². The Bertz CT molecular complexity index is 893. The lowest BCUT2D eigenvalue weighted by molar-refractivity contribution is -0.123. The largest absolute Gasteiger partial charge is 0.487 e. The predicted octanol–water partition coefficient (Wildman–Crippen LogP) is 2.53. The molecule has 0 atom stereocenters. The fourth-order valence-corrected chi connectivity index (χ4v) is 3.03. The molecule has 0 aromatic heterocycles. The Morgan fingerprint density at radius 3 is 2.73 bits per heavy atom. The Morgan fingerprint density at radius 2 is 1.93 bits per heavy atom. The first kappa shape index (κ1) is 21.9. The Balaban J connectivity index is 1.86. The van der Waals surface area contributed by atoms with Crippen LogP contribution in [0.2, 0.25) is 5.02 Å². The molecule has 0 fully saturated rings. The fraction of sp³-hybridized carbons (Fsp3) is 0.333. The Morgan fingerprint density at radius 1 is 1.13 bits per heavy atom. The van der Waals surface area contributed by atoms with Crippen molar-refractivity contribution in [3.05, 3.63) is 47.5 Å². The number of likely N-dealkylation sites (N-methyl/N-ethyl adjacent to an activating group) is 1. The highest BCUT2D eigenvalue weighted by molar-refractivity contribution is 6.31. The van der Waals surface area contributed by atoms with Gasteiger partial charge in [-0.25, -0.2) is 0 Å². The molecule has 1 aliphatic heterocycles. The zero-order chi connectivity index (χ0) is 21.3. The standard InChI is InChI=1S/C21H24ClN3O5/c1-23-20(26)13-25-8-9-28-10-11-29-18-4-2-3-5-19(18)30-17-7-6-15(22)12-16(17)24-21(27)14-25/h2-7,12H,8-11,13-14H2,1H3,(H,23,26)(H,24,27). The number of anilines is 1. The van der Waals surface area contributed by atoms with Crippen LogP contribution >= 0.6 is 11.6 Å². The summed E-state index contributed by atoms with van der Waals surface area (Å²) in [5.74, 6) is 1.00. The van der Waals surface area contributed by atoms with Gasteiger partial charge in [0.05, 0.1) is 32.0 Å². The number of rotatable bonds is 2. The maximum absolute atomic E-state index is 12.7. The van der Waals surface area contributed by atoms with Crippen molar-refractivity contribution < 1.29 is 23.8 Å². The topological polar surface area (TPSA) is 89.1 Å². The second-order valence-corrected chi connectivity index (χ2v) is 7.02.